The predicted molar refractivity (Wildman–Crippen MR) is 108 cm³/mol. The second kappa shape index (κ2) is 9.80. The van der Waals surface area contributed by atoms with E-state index in [0.29, 0.717) is 5.69 Å². The molecule has 14 heteroatoms. The van der Waals surface area contributed by atoms with Crippen LogP contribution in [0.2, 0.25) is 0 Å². The first-order valence-electron chi connectivity index (χ1n) is 8.48. The highest BCUT2D eigenvalue weighted by Crippen LogP contribution is 2.24. The summed E-state index contributed by atoms with van der Waals surface area (Å²) < 4.78 is 41.4. The summed E-state index contributed by atoms with van der Waals surface area (Å²) >= 11 is 1.01. The largest absolute Gasteiger partial charge is 0.573 e. The zero-order valence-corrected chi connectivity index (χ0v) is 16.4. The molecule has 162 valence electrons. The number of carbonyl (C=O) groups is 1. The summed E-state index contributed by atoms with van der Waals surface area (Å²) in [4.78, 5) is 16.0. The van der Waals surface area contributed by atoms with Crippen LogP contribution in [-0.4, -0.2) is 44.1 Å². The number of nitrogens with one attached hydrogen (secondary N) is 2. The van der Waals surface area contributed by atoms with Gasteiger partial charge in [0.15, 0.2) is 0 Å². The van der Waals surface area contributed by atoms with Gasteiger partial charge in [0.05, 0.1) is 12.0 Å². The first-order valence-corrected chi connectivity index (χ1v) is 9.47. The van der Waals surface area contributed by atoms with E-state index in [9.17, 15) is 18.0 Å². The highest BCUT2D eigenvalue weighted by atomic mass is 32.2. The predicted octanol–water partition coefficient (Wildman–Crippen LogP) is 2.46. The minimum atomic E-state index is -4.78. The van der Waals surface area contributed by atoms with Gasteiger partial charge in [-0.2, -0.15) is 5.10 Å². The van der Waals surface area contributed by atoms with Crippen LogP contribution in [0.5, 0.6) is 5.75 Å². The van der Waals surface area contributed by atoms with Crippen molar-refractivity contribution >= 4 is 35.5 Å². The fourth-order valence-corrected chi connectivity index (χ4v) is 2.79. The molecule has 4 N–H and O–H groups in total. The molecule has 2 aromatic heterocycles. The standard InChI is InChI=1S/C17H15F3N8O2S/c18-17(19,20)30-13-5-3-12(4-6-13)24-14(29)10-31-16-27-26-15(28(16)21)25-23-9-11-2-1-7-22-8-11/h1-9H,10,21H2,(H,24,29)(H,25,26)/b23-9+. The van der Waals surface area contributed by atoms with Crippen molar-refractivity contribution in [1.29, 1.82) is 0 Å². The summed E-state index contributed by atoms with van der Waals surface area (Å²) in [5, 5.41) is 14.5. The number of nitrogen functional groups attached to an aromatic ring is 1. The van der Waals surface area contributed by atoms with Gasteiger partial charge in [-0.15, -0.1) is 23.4 Å². The maximum Gasteiger partial charge on any atom is 0.573 e. The van der Waals surface area contributed by atoms with Crippen molar-refractivity contribution < 1.29 is 22.7 Å². The second-order valence-corrected chi connectivity index (χ2v) is 6.68. The molecule has 3 rings (SSSR count). The van der Waals surface area contributed by atoms with Crippen LogP contribution < -0.4 is 21.3 Å². The Morgan fingerprint density at radius 1 is 1.26 bits per heavy atom. The summed E-state index contributed by atoms with van der Waals surface area (Å²) in [7, 11) is 0. The Bertz CT molecular complexity index is 1040. The van der Waals surface area contributed by atoms with Crippen molar-refractivity contribution in [3.8, 4) is 5.75 Å². The van der Waals surface area contributed by atoms with Crippen molar-refractivity contribution in [2.45, 2.75) is 11.5 Å². The van der Waals surface area contributed by atoms with E-state index in [4.69, 9.17) is 5.84 Å². The third-order valence-electron chi connectivity index (χ3n) is 3.43. The molecule has 3 aromatic rings. The number of halogens is 3. The zero-order valence-electron chi connectivity index (χ0n) is 15.6. The summed E-state index contributed by atoms with van der Waals surface area (Å²) in [5.41, 5.74) is 3.70. The Labute approximate surface area is 177 Å². The number of alkyl halides is 3. The molecule has 1 amide bonds. The fraction of sp³-hybridized carbons (Fsp3) is 0.118. The van der Waals surface area contributed by atoms with Gasteiger partial charge in [0.1, 0.15) is 5.75 Å². The van der Waals surface area contributed by atoms with Crippen molar-refractivity contribution in [2.75, 3.05) is 22.3 Å². The Kier molecular flexibility index (Phi) is 6.92. The van der Waals surface area contributed by atoms with Crippen molar-refractivity contribution in [3.63, 3.8) is 0 Å². The molecule has 0 saturated carbocycles. The van der Waals surface area contributed by atoms with Crippen LogP contribution in [0.15, 0.2) is 59.0 Å². The molecule has 10 nitrogen and oxygen atoms in total. The van der Waals surface area contributed by atoms with Crippen molar-refractivity contribution in [1.82, 2.24) is 19.9 Å². The van der Waals surface area contributed by atoms with Crippen LogP contribution in [-0.2, 0) is 4.79 Å². The monoisotopic (exact) mass is 452 g/mol. The maximum atomic E-state index is 12.2. The number of hydrazone groups is 1. The molecule has 0 aliphatic heterocycles. The minimum Gasteiger partial charge on any atom is -0.406 e. The number of aromatic nitrogens is 4. The van der Waals surface area contributed by atoms with E-state index >= 15 is 0 Å². The van der Waals surface area contributed by atoms with Crippen LogP contribution in [0.1, 0.15) is 5.56 Å². The minimum absolute atomic E-state index is 0.0604. The smallest absolute Gasteiger partial charge is 0.406 e. The number of rotatable bonds is 8. The van der Waals surface area contributed by atoms with Gasteiger partial charge in [-0.25, -0.2) is 10.1 Å². The highest BCUT2D eigenvalue weighted by molar-refractivity contribution is 7.99. The van der Waals surface area contributed by atoms with Gasteiger partial charge in [0, 0.05) is 23.6 Å². The number of pyridine rings is 1. The Balaban J connectivity index is 1.48. The SMILES string of the molecule is Nn1c(N/N=C/c2cccnc2)nnc1SCC(=O)Nc1ccc(OC(F)(F)F)cc1. The number of thioether (sulfide) groups is 1. The van der Waals surface area contributed by atoms with E-state index in [2.05, 4.69) is 35.8 Å². The number of nitrogens with zero attached hydrogens (tertiary/aromatic N) is 5. The lowest BCUT2D eigenvalue weighted by molar-refractivity contribution is -0.274. The average Bonchev–Trinajstić information content (AvgIpc) is 3.07. The van der Waals surface area contributed by atoms with Gasteiger partial charge >= 0.3 is 6.36 Å². The first-order chi connectivity index (χ1) is 14.8. The molecular weight excluding hydrogens is 437 g/mol. The van der Waals surface area contributed by atoms with Crippen LogP contribution in [0.25, 0.3) is 0 Å². The van der Waals surface area contributed by atoms with Gasteiger partial charge in [-0.1, -0.05) is 17.8 Å². The molecule has 0 bridgehead atoms. The Morgan fingerprint density at radius 3 is 2.71 bits per heavy atom. The number of hydrogen-bond acceptors (Lipinski definition) is 9. The molecule has 0 atom stereocenters. The Hall–Kier alpha value is -3.81. The average molecular weight is 452 g/mol. The molecule has 0 aliphatic rings. The van der Waals surface area contributed by atoms with Gasteiger partial charge < -0.3 is 15.9 Å². The number of amides is 1. The number of anilines is 2. The first kappa shape index (κ1) is 21.9. The lowest BCUT2D eigenvalue weighted by Crippen LogP contribution is -2.18. The maximum absolute atomic E-state index is 12.2. The van der Waals surface area contributed by atoms with Crippen molar-refractivity contribution in [3.05, 3.63) is 54.4 Å². The summed E-state index contributed by atoms with van der Waals surface area (Å²) in [5.74, 6) is 5.17. The van der Waals surface area contributed by atoms with Crippen LogP contribution in [0.4, 0.5) is 24.8 Å². The van der Waals surface area contributed by atoms with E-state index in [1.165, 1.54) is 18.3 Å². The summed E-state index contributed by atoms with van der Waals surface area (Å²) in [6.07, 6.45) is -0.00221. The summed E-state index contributed by atoms with van der Waals surface area (Å²) in [6, 6.07) is 8.33. The molecule has 0 saturated heterocycles. The third-order valence-corrected chi connectivity index (χ3v) is 4.37. The van der Waals surface area contributed by atoms with Gasteiger partial charge in [0.25, 0.3) is 5.95 Å². The molecule has 0 spiro atoms. The summed E-state index contributed by atoms with van der Waals surface area (Å²) in [6.45, 7) is 0. The topological polar surface area (TPSA) is 132 Å². The third kappa shape index (κ3) is 6.88. The van der Waals surface area contributed by atoms with Crippen LogP contribution in [0, 0.1) is 0 Å². The van der Waals surface area contributed by atoms with E-state index in [0.717, 1.165) is 34.1 Å². The highest BCUT2D eigenvalue weighted by Gasteiger charge is 2.30. The molecule has 0 fully saturated rings. The van der Waals surface area contributed by atoms with Crippen LogP contribution in [0.3, 0.4) is 0 Å². The molecule has 0 radical (unpaired) electrons. The molecule has 0 aliphatic carbocycles. The normalized spacial score (nSPS) is 11.5. The molecule has 1 aromatic carbocycles. The number of carbonyl (C=O) groups excluding carboxylic acids is 1. The molecule has 31 heavy (non-hydrogen) atoms. The fourth-order valence-electron chi connectivity index (χ4n) is 2.14. The number of ether oxygens (including phenoxy) is 1. The van der Waals surface area contributed by atoms with Gasteiger partial charge in [0.2, 0.25) is 11.1 Å². The molecular formula is C17H15F3N8O2S. The number of hydrogen-bond donors (Lipinski definition) is 3. The quantitative estimate of drug-likeness (QED) is 0.206. The van der Waals surface area contributed by atoms with Crippen LogP contribution >= 0.6 is 11.8 Å². The lowest BCUT2D eigenvalue weighted by Gasteiger charge is -2.09. The Morgan fingerprint density at radius 2 is 2.03 bits per heavy atom. The van der Waals surface area contributed by atoms with E-state index in [-0.39, 0.29) is 22.6 Å². The molecule has 2 heterocycles. The molecule has 0 unspecified atom stereocenters. The van der Waals surface area contributed by atoms with Crippen molar-refractivity contribution in [2.24, 2.45) is 5.10 Å². The van der Waals surface area contributed by atoms with Gasteiger partial charge in [-0.3, -0.25) is 9.78 Å². The van der Waals surface area contributed by atoms with Gasteiger partial charge in [-0.05, 0) is 30.3 Å². The lowest BCUT2D eigenvalue weighted by atomic mass is 10.3. The zero-order chi connectivity index (χ0) is 22.3. The van der Waals surface area contributed by atoms with E-state index < -0.39 is 12.3 Å². The van der Waals surface area contributed by atoms with E-state index in [1.54, 1.807) is 18.5 Å². The number of nitrogens with two attached hydrogens (primary N) is 1. The number of benzene rings is 1. The second-order valence-electron chi connectivity index (χ2n) is 5.74. The van der Waals surface area contributed by atoms with E-state index in [1.807, 2.05) is 6.07 Å².